The molecule has 0 saturated heterocycles. The summed E-state index contributed by atoms with van der Waals surface area (Å²) in [5.74, 6) is -2.04. The van der Waals surface area contributed by atoms with Gasteiger partial charge in [0.15, 0.2) is 5.92 Å². The van der Waals surface area contributed by atoms with E-state index >= 15 is 0 Å². The average Bonchev–Trinajstić information content (AvgIpc) is 3.07. The summed E-state index contributed by atoms with van der Waals surface area (Å²) in [5, 5.41) is 1.12. The maximum Gasteiger partial charge on any atom is 0.320 e. The molecule has 1 heterocycles. The normalized spacial score (nSPS) is 11.0. The molecule has 146 valence electrons. The standard InChI is InChI=1S/C22H22BrNO4/c1-27-21(25)19(22(26)28-2)12-9-16-14-24(20-6-4-3-5-18(16)20)13-15-7-10-17(23)11-8-15/h3-8,10-11,14,19H,9,12-13H2,1-2H3. The van der Waals surface area contributed by atoms with Crippen molar-refractivity contribution in [1.82, 2.24) is 4.57 Å². The van der Waals surface area contributed by atoms with Gasteiger partial charge in [-0.1, -0.05) is 46.3 Å². The van der Waals surface area contributed by atoms with E-state index in [1.807, 2.05) is 24.3 Å². The van der Waals surface area contributed by atoms with Gasteiger partial charge in [0.2, 0.25) is 0 Å². The molecule has 5 nitrogen and oxygen atoms in total. The van der Waals surface area contributed by atoms with Gasteiger partial charge < -0.3 is 14.0 Å². The van der Waals surface area contributed by atoms with Gasteiger partial charge in [-0.15, -0.1) is 0 Å². The number of para-hydroxylation sites is 1. The Morgan fingerprint density at radius 2 is 1.64 bits per heavy atom. The number of methoxy groups -OCH3 is 2. The first-order valence-corrected chi connectivity index (χ1v) is 9.79. The molecule has 3 aromatic rings. The summed E-state index contributed by atoms with van der Waals surface area (Å²) in [4.78, 5) is 23.9. The minimum absolute atomic E-state index is 0.339. The molecule has 0 atom stereocenters. The number of aryl methyl sites for hydroxylation is 1. The molecule has 0 aliphatic rings. The third kappa shape index (κ3) is 4.44. The number of rotatable bonds is 7. The first kappa shape index (κ1) is 20.1. The molecular formula is C22H22BrNO4. The predicted molar refractivity (Wildman–Crippen MR) is 111 cm³/mol. The Labute approximate surface area is 172 Å². The first-order valence-electron chi connectivity index (χ1n) is 9.00. The SMILES string of the molecule is COC(=O)C(CCc1cn(Cc2ccc(Br)cc2)c2ccccc12)C(=O)OC. The van der Waals surface area contributed by atoms with E-state index < -0.39 is 17.9 Å². The zero-order valence-corrected chi connectivity index (χ0v) is 17.4. The highest BCUT2D eigenvalue weighted by Gasteiger charge is 2.28. The Hall–Kier alpha value is -2.60. The summed E-state index contributed by atoms with van der Waals surface area (Å²) in [7, 11) is 2.56. The quantitative estimate of drug-likeness (QED) is 0.402. The van der Waals surface area contributed by atoms with E-state index in [0.29, 0.717) is 12.8 Å². The van der Waals surface area contributed by atoms with Gasteiger partial charge >= 0.3 is 11.9 Å². The van der Waals surface area contributed by atoms with Crippen molar-refractivity contribution in [2.24, 2.45) is 5.92 Å². The molecule has 0 aliphatic heterocycles. The maximum atomic E-state index is 11.9. The van der Waals surface area contributed by atoms with Crippen molar-refractivity contribution in [2.45, 2.75) is 19.4 Å². The van der Waals surface area contributed by atoms with E-state index in [4.69, 9.17) is 9.47 Å². The van der Waals surface area contributed by atoms with Crippen LogP contribution in [0.25, 0.3) is 10.9 Å². The number of fused-ring (bicyclic) bond motifs is 1. The monoisotopic (exact) mass is 443 g/mol. The van der Waals surface area contributed by atoms with E-state index in [1.54, 1.807) is 0 Å². The molecule has 6 heteroatoms. The number of carbonyl (C=O) groups excluding carboxylic acids is 2. The summed E-state index contributed by atoms with van der Waals surface area (Å²) >= 11 is 3.46. The minimum atomic E-state index is -0.913. The van der Waals surface area contributed by atoms with Crippen molar-refractivity contribution in [3.63, 3.8) is 0 Å². The van der Waals surface area contributed by atoms with Gasteiger partial charge in [-0.3, -0.25) is 9.59 Å². The Kier molecular flexibility index (Phi) is 6.52. The van der Waals surface area contributed by atoms with Gasteiger partial charge in [0.05, 0.1) is 14.2 Å². The second-order valence-corrected chi connectivity index (χ2v) is 7.48. The lowest BCUT2D eigenvalue weighted by Crippen LogP contribution is -2.27. The predicted octanol–water partition coefficient (Wildman–Crippen LogP) is 4.35. The highest BCUT2D eigenvalue weighted by Crippen LogP contribution is 2.25. The fourth-order valence-electron chi connectivity index (χ4n) is 3.36. The molecule has 0 N–H and O–H groups in total. The molecule has 2 aromatic carbocycles. The van der Waals surface area contributed by atoms with Gasteiger partial charge in [0.1, 0.15) is 0 Å². The van der Waals surface area contributed by atoms with E-state index in [1.165, 1.54) is 19.8 Å². The Morgan fingerprint density at radius 1 is 1.00 bits per heavy atom. The number of hydrogen-bond acceptors (Lipinski definition) is 4. The van der Waals surface area contributed by atoms with Gasteiger partial charge in [0.25, 0.3) is 0 Å². The second kappa shape index (κ2) is 9.06. The smallest absolute Gasteiger partial charge is 0.320 e. The zero-order valence-electron chi connectivity index (χ0n) is 15.9. The number of hydrogen-bond donors (Lipinski definition) is 0. The third-order valence-corrected chi connectivity index (χ3v) is 5.34. The van der Waals surface area contributed by atoms with E-state index in [2.05, 4.69) is 51.0 Å². The van der Waals surface area contributed by atoms with Crippen LogP contribution in [0.1, 0.15) is 17.5 Å². The number of halogens is 1. The van der Waals surface area contributed by atoms with Gasteiger partial charge in [0, 0.05) is 28.1 Å². The van der Waals surface area contributed by atoms with Crippen LogP contribution in [-0.2, 0) is 32.0 Å². The van der Waals surface area contributed by atoms with Crippen LogP contribution in [0, 0.1) is 5.92 Å². The van der Waals surface area contributed by atoms with Crippen LogP contribution >= 0.6 is 15.9 Å². The number of carbonyl (C=O) groups is 2. The molecule has 3 rings (SSSR count). The molecule has 0 radical (unpaired) electrons. The van der Waals surface area contributed by atoms with Crippen LogP contribution in [-0.4, -0.2) is 30.7 Å². The Morgan fingerprint density at radius 3 is 2.29 bits per heavy atom. The van der Waals surface area contributed by atoms with Gasteiger partial charge in [-0.05, 0) is 42.2 Å². The lowest BCUT2D eigenvalue weighted by atomic mass is 9.99. The molecule has 0 fully saturated rings. The van der Waals surface area contributed by atoms with Crippen molar-refractivity contribution < 1.29 is 19.1 Å². The third-order valence-electron chi connectivity index (χ3n) is 4.81. The topological polar surface area (TPSA) is 57.5 Å². The van der Waals surface area contributed by atoms with Crippen LogP contribution in [0.15, 0.2) is 59.2 Å². The van der Waals surface area contributed by atoms with Crippen molar-refractivity contribution in [3.05, 3.63) is 70.3 Å². The largest absolute Gasteiger partial charge is 0.468 e. The summed E-state index contributed by atoms with van der Waals surface area (Å²) in [6, 6.07) is 16.4. The molecule has 0 amide bonds. The fraction of sp³-hybridized carbons (Fsp3) is 0.273. The van der Waals surface area contributed by atoms with Crippen molar-refractivity contribution in [1.29, 1.82) is 0 Å². The average molecular weight is 444 g/mol. The van der Waals surface area contributed by atoms with E-state index in [9.17, 15) is 9.59 Å². The molecule has 0 unspecified atom stereocenters. The first-order chi connectivity index (χ1) is 13.5. The van der Waals surface area contributed by atoms with E-state index in [-0.39, 0.29) is 0 Å². The summed E-state index contributed by atoms with van der Waals surface area (Å²) < 4.78 is 12.8. The molecule has 0 aliphatic carbocycles. The molecule has 0 spiro atoms. The number of esters is 2. The number of nitrogens with zero attached hydrogens (tertiary/aromatic N) is 1. The van der Waals surface area contributed by atoms with Crippen molar-refractivity contribution >= 4 is 38.8 Å². The van der Waals surface area contributed by atoms with Crippen LogP contribution in [0.4, 0.5) is 0 Å². The number of benzene rings is 2. The lowest BCUT2D eigenvalue weighted by molar-refractivity contribution is -0.159. The number of aromatic nitrogens is 1. The van der Waals surface area contributed by atoms with Crippen LogP contribution in [0.2, 0.25) is 0 Å². The van der Waals surface area contributed by atoms with Gasteiger partial charge in [-0.2, -0.15) is 0 Å². The molecule has 1 aromatic heterocycles. The van der Waals surface area contributed by atoms with Crippen LogP contribution in [0.3, 0.4) is 0 Å². The van der Waals surface area contributed by atoms with Gasteiger partial charge in [-0.25, -0.2) is 0 Å². The molecule has 0 bridgehead atoms. The minimum Gasteiger partial charge on any atom is -0.468 e. The molecular weight excluding hydrogens is 422 g/mol. The summed E-state index contributed by atoms with van der Waals surface area (Å²) in [5.41, 5.74) is 3.40. The Bertz CT molecular complexity index is 962. The van der Waals surface area contributed by atoms with E-state index in [0.717, 1.165) is 27.5 Å². The highest BCUT2D eigenvalue weighted by atomic mass is 79.9. The summed E-state index contributed by atoms with van der Waals surface area (Å²) in [6.45, 7) is 0.741. The van der Waals surface area contributed by atoms with Crippen LogP contribution < -0.4 is 0 Å². The molecule has 0 saturated carbocycles. The maximum absolute atomic E-state index is 11.9. The van der Waals surface area contributed by atoms with Crippen molar-refractivity contribution in [2.75, 3.05) is 14.2 Å². The second-order valence-electron chi connectivity index (χ2n) is 6.56. The fourth-order valence-corrected chi connectivity index (χ4v) is 3.62. The van der Waals surface area contributed by atoms with Crippen molar-refractivity contribution in [3.8, 4) is 0 Å². The highest BCUT2D eigenvalue weighted by molar-refractivity contribution is 9.10. The Balaban J connectivity index is 1.86. The molecule has 28 heavy (non-hydrogen) atoms. The number of ether oxygens (including phenoxy) is 2. The summed E-state index contributed by atoms with van der Waals surface area (Å²) in [6.07, 6.45) is 3.01. The zero-order chi connectivity index (χ0) is 20.1. The lowest BCUT2D eigenvalue weighted by Gasteiger charge is -2.11. The van der Waals surface area contributed by atoms with Crippen LogP contribution in [0.5, 0.6) is 0 Å².